The van der Waals surface area contributed by atoms with Crippen molar-refractivity contribution < 1.29 is 14.7 Å². The van der Waals surface area contributed by atoms with E-state index in [-0.39, 0.29) is 12.2 Å². The maximum Gasteiger partial charge on any atom is 0.252 e. The molecule has 0 bridgehead atoms. The van der Waals surface area contributed by atoms with E-state index in [0.29, 0.717) is 11.6 Å². The molecule has 0 radical (unpaired) electrons. The molecule has 7 heteroatoms. The van der Waals surface area contributed by atoms with E-state index >= 15 is 0 Å². The molecule has 0 atom stereocenters. The van der Waals surface area contributed by atoms with Crippen LogP contribution in [0.2, 0.25) is 0 Å². The average molecular weight is 331 g/mol. The molecule has 2 heterocycles. The van der Waals surface area contributed by atoms with E-state index in [1.807, 2.05) is 24.3 Å². The zero-order chi connectivity index (χ0) is 16.9. The molecule has 3 rings (SSSR count). The summed E-state index contributed by atoms with van der Waals surface area (Å²) in [6.07, 6.45) is 0. The van der Waals surface area contributed by atoms with Gasteiger partial charge in [0.15, 0.2) is 0 Å². The van der Waals surface area contributed by atoms with Gasteiger partial charge in [0.1, 0.15) is 12.3 Å². The summed E-state index contributed by atoms with van der Waals surface area (Å²) in [4.78, 5) is 23.0. The number of aromatic amines is 1. The van der Waals surface area contributed by atoms with Gasteiger partial charge in [-0.2, -0.15) is 0 Å². The lowest BCUT2D eigenvalue weighted by atomic mass is 10.1. The predicted molar refractivity (Wildman–Crippen MR) is 91.7 cm³/mol. The summed E-state index contributed by atoms with van der Waals surface area (Å²) < 4.78 is 5.16. The minimum atomic E-state index is -0.157. The van der Waals surface area contributed by atoms with Crippen molar-refractivity contribution in [1.29, 1.82) is 0 Å². The highest BCUT2D eigenvalue weighted by Crippen LogP contribution is 2.21. The number of ether oxygens (including phenoxy) is 1. The molecule has 2 aromatic rings. The molecule has 0 unspecified atom stereocenters. The fourth-order valence-electron chi connectivity index (χ4n) is 2.95. The molecule has 3 N–H and O–H groups in total. The highest BCUT2D eigenvalue weighted by atomic mass is 16.5. The van der Waals surface area contributed by atoms with Crippen LogP contribution in [0.3, 0.4) is 0 Å². The molecule has 1 saturated heterocycles. The summed E-state index contributed by atoms with van der Waals surface area (Å²) >= 11 is 0. The first-order valence-electron chi connectivity index (χ1n) is 8.15. The van der Waals surface area contributed by atoms with E-state index in [1.54, 1.807) is 7.11 Å². The molecule has 1 aromatic carbocycles. The monoisotopic (exact) mass is 331 g/mol. The van der Waals surface area contributed by atoms with Crippen LogP contribution in [0.15, 0.2) is 35.1 Å². The van der Waals surface area contributed by atoms with Gasteiger partial charge in [0.2, 0.25) is 5.95 Å². The topological polar surface area (TPSA) is 82.9 Å². The zero-order valence-electron chi connectivity index (χ0n) is 13.8. The molecule has 1 aliphatic rings. The third-order valence-electron chi connectivity index (χ3n) is 4.35. The van der Waals surface area contributed by atoms with Gasteiger partial charge in [-0.05, 0) is 24.3 Å². The standard InChI is InChI=1S/C17H22N4O3/c1-24-14-4-2-13(3-5-14)15-12-16(23)19-17(18-15)21-8-6-20(7-9-21)10-11-22/h2-5,12,22H,6-11H2,1H3,(H,18,19,23)/p+1. The molecule has 0 amide bonds. The Labute approximate surface area is 140 Å². The molecule has 7 nitrogen and oxygen atoms in total. The Morgan fingerprint density at radius 2 is 2.00 bits per heavy atom. The SMILES string of the molecule is COc1ccc(-c2cc(=O)[nH]c(N3CC[NH+](CCO)CC3)n2)cc1. The van der Waals surface area contributed by atoms with Crippen molar-refractivity contribution in [3.63, 3.8) is 0 Å². The molecule has 1 aliphatic heterocycles. The fraction of sp³-hybridized carbons (Fsp3) is 0.412. The van der Waals surface area contributed by atoms with Crippen LogP contribution in [0.1, 0.15) is 0 Å². The lowest BCUT2D eigenvalue weighted by Gasteiger charge is -2.32. The molecule has 1 fully saturated rings. The first-order valence-corrected chi connectivity index (χ1v) is 8.15. The number of aromatic nitrogens is 2. The Morgan fingerprint density at radius 1 is 1.29 bits per heavy atom. The van der Waals surface area contributed by atoms with Gasteiger partial charge in [0, 0.05) is 11.6 Å². The van der Waals surface area contributed by atoms with E-state index < -0.39 is 0 Å². The molecule has 0 aliphatic carbocycles. The second-order valence-electron chi connectivity index (χ2n) is 5.89. The van der Waals surface area contributed by atoms with Crippen LogP contribution >= 0.6 is 0 Å². The molecule has 1 aromatic heterocycles. The first kappa shape index (κ1) is 16.5. The van der Waals surface area contributed by atoms with Crippen LogP contribution in [0.25, 0.3) is 11.3 Å². The molecular weight excluding hydrogens is 308 g/mol. The van der Waals surface area contributed by atoms with Crippen LogP contribution < -0.4 is 20.1 Å². The highest BCUT2D eigenvalue weighted by Gasteiger charge is 2.21. The second-order valence-corrected chi connectivity index (χ2v) is 5.89. The number of quaternary nitrogens is 1. The Hall–Kier alpha value is -2.38. The number of rotatable bonds is 5. The molecule has 0 spiro atoms. The number of nitrogens with zero attached hydrogens (tertiary/aromatic N) is 2. The lowest BCUT2D eigenvalue weighted by Crippen LogP contribution is -3.15. The van der Waals surface area contributed by atoms with Crippen molar-refractivity contribution in [3.05, 3.63) is 40.7 Å². The van der Waals surface area contributed by atoms with Gasteiger partial charge in [0.25, 0.3) is 5.56 Å². The molecule has 0 saturated carbocycles. The smallest absolute Gasteiger partial charge is 0.252 e. The number of hydrogen-bond acceptors (Lipinski definition) is 5. The summed E-state index contributed by atoms with van der Waals surface area (Å²) in [6, 6.07) is 9.02. The number of piperazine rings is 1. The Morgan fingerprint density at radius 3 is 2.62 bits per heavy atom. The van der Waals surface area contributed by atoms with Crippen LogP contribution in [0.5, 0.6) is 5.75 Å². The van der Waals surface area contributed by atoms with Gasteiger partial charge in [-0.15, -0.1) is 0 Å². The number of benzene rings is 1. The normalized spacial score (nSPS) is 15.5. The van der Waals surface area contributed by atoms with Gasteiger partial charge in [0.05, 0.1) is 45.6 Å². The number of methoxy groups -OCH3 is 1. The number of H-pyrrole nitrogens is 1. The number of hydrogen-bond donors (Lipinski definition) is 3. The summed E-state index contributed by atoms with van der Waals surface area (Å²) in [5.74, 6) is 1.38. The number of aliphatic hydroxyl groups excluding tert-OH is 1. The average Bonchev–Trinajstić information content (AvgIpc) is 2.62. The van der Waals surface area contributed by atoms with Gasteiger partial charge in [-0.1, -0.05) is 0 Å². The first-order chi connectivity index (χ1) is 11.7. The van der Waals surface area contributed by atoms with Crippen molar-refractivity contribution in [2.24, 2.45) is 0 Å². The van der Waals surface area contributed by atoms with Crippen molar-refractivity contribution in [1.82, 2.24) is 9.97 Å². The predicted octanol–water partition coefficient (Wildman–Crippen LogP) is -0.857. The maximum absolute atomic E-state index is 12.0. The Bertz CT molecular complexity index is 721. The Kier molecular flexibility index (Phi) is 5.12. The van der Waals surface area contributed by atoms with Crippen molar-refractivity contribution in [3.8, 4) is 17.0 Å². The van der Waals surface area contributed by atoms with Crippen LogP contribution in [-0.4, -0.2) is 61.5 Å². The minimum Gasteiger partial charge on any atom is -0.497 e. The van der Waals surface area contributed by atoms with E-state index in [4.69, 9.17) is 9.84 Å². The van der Waals surface area contributed by atoms with Crippen LogP contribution in [-0.2, 0) is 0 Å². The summed E-state index contributed by atoms with van der Waals surface area (Å²) in [5.41, 5.74) is 1.38. The van der Waals surface area contributed by atoms with Crippen LogP contribution in [0.4, 0.5) is 5.95 Å². The van der Waals surface area contributed by atoms with E-state index in [2.05, 4.69) is 14.9 Å². The lowest BCUT2D eigenvalue weighted by molar-refractivity contribution is -0.900. The quantitative estimate of drug-likeness (QED) is 0.664. The molecule has 24 heavy (non-hydrogen) atoms. The zero-order valence-corrected chi connectivity index (χ0v) is 13.8. The summed E-state index contributed by atoms with van der Waals surface area (Å²) in [7, 11) is 1.62. The minimum absolute atomic E-state index is 0.157. The number of nitrogens with one attached hydrogen (secondary N) is 2. The highest BCUT2D eigenvalue weighted by molar-refractivity contribution is 5.61. The van der Waals surface area contributed by atoms with Crippen LogP contribution in [0, 0.1) is 0 Å². The maximum atomic E-state index is 12.0. The van der Waals surface area contributed by atoms with Crippen molar-refractivity contribution in [2.75, 3.05) is 51.3 Å². The molecule has 128 valence electrons. The van der Waals surface area contributed by atoms with Crippen molar-refractivity contribution in [2.45, 2.75) is 0 Å². The summed E-state index contributed by atoms with van der Waals surface area (Å²) in [5, 5.41) is 9.03. The Balaban J connectivity index is 1.80. The van der Waals surface area contributed by atoms with E-state index in [1.165, 1.54) is 11.0 Å². The third kappa shape index (κ3) is 3.74. The number of aliphatic hydroxyl groups is 1. The summed E-state index contributed by atoms with van der Waals surface area (Å²) in [6.45, 7) is 4.45. The van der Waals surface area contributed by atoms with E-state index in [9.17, 15) is 4.79 Å². The van der Waals surface area contributed by atoms with Crippen molar-refractivity contribution >= 4 is 5.95 Å². The van der Waals surface area contributed by atoms with Gasteiger partial charge in [-0.3, -0.25) is 9.78 Å². The van der Waals surface area contributed by atoms with Gasteiger partial charge < -0.3 is 19.6 Å². The molecular formula is C17H23N4O3+. The van der Waals surface area contributed by atoms with Gasteiger partial charge >= 0.3 is 0 Å². The van der Waals surface area contributed by atoms with Gasteiger partial charge in [-0.25, -0.2) is 4.98 Å². The van der Waals surface area contributed by atoms with E-state index in [0.717, 1.165) is 44.0 Å². The fourth-order valence-corrected chi connectivity index (χ4v) is 2.95. The largest absolute Gasteiger partial charge is 0.497 e. The third-order valence-corrected chi connectivity index (χ3v) is 4.35. The second kappa shape index (κ2) is 7.46. The number of anilines is 1.